The van der Waals surface area contributed by atoms with E-state index in [1.807, 2.05) is 0 Å². The van der Waals surface area contributed by atoms with Crippen molar-refractivity contribution in [3.05, 3.63) is 23.5 Å². The maximum Gasteiger partial charge on any atom is 0.417 e. The zero-order chi connectivity index (χ0) is 13.1. The van der Waals surface area contributed by atoms with E-state index in [4.69, 9.17) is 0 Å². The average molecular weight is 250 g/mol. The van der Waals surface area contributed by atoms with Crippen molar-refractivity contribution in [1.29, 1.82) is 0 Å². The van der Waals surface area contributed by atoms with E-state index in [2.05, 4.69) is 16.7 Å². The van der Waals surface area contributed by atoms with Gasteiger partial charge in [-0.3, -0.25) is 14.6 Å². The SMILES string of the molecule is COC(=O)N1C=C(C=O)CC([C@@H]2CCCN2C)=C1. The topological polar surface area (TPSA) is 49.9 Å². The van der Waals surface area contributed by atoms with Crippen LogP contribution in [0.15, 0.2) is 23.5 Å². The van der Waals surface area contributed by atoms with Gasteiger partial charge in [0.05, 0.1) is 7.11 Å². The van der Waals surface area contributed by atoms with Crippen LogP contribution in [-0.2, 0) is 9.53 Å². The van der Waals surface area contributed by atoms with E-state index < -0.39 is 6.09 Å². The molecule has 0 unspecified atom stereocenters. The summed E-state index contributed by atoms with van der Waals surface area (Å²) in [6.45, 7) is 1.06. The first-order chi connectivity index (χ1) is 8.65. The quantitative estimate of drug-likeness (QED) is 0.697. The predicted molar refractivity (Wildman–Crippen MR) is 66.7 cm³/mol. The number of carbonyl (C=O) groups is 2. The molecule has 0 bridgehead atoms. The lowest BCUT2D eigenvalue weighted by Crippen LogP contribution is -2.31. The van der Waals surface area contributed by atoms with Gasteiger partial charge in [0, 0.05) is 30.4 Å². The fourth-order valence-corrected chi connectivity index (χ4v) is 2.59. The highest BCUT2D eigenvalue weighted by molar-refractivity contribution is 5.78. The van der Waals surface area contributed by atoms with Crippen molar-refractivity contribution in [1.82, 2.24) is 9.80 Å². The number of rotatable bonds is 2. The molecule has 2 aliphatic rings. The van der Waals surface area contributed by atoms with Crippen LogP contribution in [0, 0.1) is 0 Å². The number of amides is 1. The summed E-state index contributed by atoms with van der Waals surface area (Å²) in [5.74, 6) is 0. The first kappa shape index (κ1) is 12.8. The monoisotopic (exact) mass is 250 g/mol. The van der Waals surface area contributed by atoms with Gasteiger partial charge in [-0.25, -0.2) is 4.79 Å². The minimum Gasteiger partial charge on any atom is -0.452 e. The van der Waals surface area contributed by atoms with Crippen molar-refractivity contribution < 1.29 is 14.3 Å². The summed E-state index contributed by atoms with van der Waals surface area (Å²) in [4.78, 5) is 26.1. The Morgan fingerprint density at radius 3 is 2.83 bits per heavy atom. The van der Waals surface area contributed by atoms with Crippen LogP contribution in [0.5, 0.6) is 0 Å². The number of carbonyl (C=O) groups excluding carboxylic acids is 2. The largest absolute Gasteiger partial charge is 0.452 e. The third-order valence-electron chi connectivity index (χ3n) is 3.50. The van der Waals surface area contributed by atoms with E-state index in [0.717, 1.165) is 31.2 Å². The Bertz CT molecular complexity index is 414. The second-order valence-electron chi connectivity index (χ2n) is 4.72. The van der Waals surface area contributed by atoms with Crippen molar-refractivity contribution in [2.24, 2.45) is 0 Å². The summed E-state index contributed by atoms with van der Waals surface area (Å²) >= 11 is 0. The van der Waals surface area contributed by atoms with Crippen molar-refractivity contribution in [3.8, 4) is 0 Å². The van der Waals surface area contributed by atoms with Crippen molar-refractivity contribution in [2.45, 2.75) is 25.3 Å². The molecule has 5 nitrogen and oxygen atoms in total. The average Bonchev–Trinajstić information content (AvgIpc) is 2.83. The Kier molecular flexibility index (Phi) is 3.81. The molecule has 0 aromatic rings. The minimum absolute atomic E-state index is 0.320. The molecule has 18 heavy (non-hydrogen) atoms. The molecule has 0 aromatic carbocycles. The Morgan fingerprint density at radius 1 is 1.50 bits per heavy atom. The van der Waals surface area contributed by atoms with Gasteiger partial charge < -0.3 is 4.74 Å². The molecule has 98 valence electrons. The van der Waals surface area contributed by atoms with Gasteiger partial charge in [0.1, 0.15) is 6.29 Å². The fraction of sp³-hybridized carbons (Fsp3) is 0.538. The predicted octanol–water partition coefficient (Wildman–Crippen LogP) is 1.52. The number of methoxy groups -OCH3 is 1. The molecule has 2 rings (SSSR count). The zero-order valence-electron chi connectivity index (χ0n) is 10.8. The molecule has 0 saturated carbocycles. The van der Waals surface area contributed by atoms with Gasteiger partial charge >= 0.3 is 6.09 Å². The molecule has 2 heterocycles. The summed E-state index contributed by atoms with van der Waals surface area (Å²) in [7, 11) is 3.40. The molecular weight excluding hydrogens is 232 g/mol. The number of aldehydes is 1. The first-order valence-electron chi connectivity index (χ1n) is 6.08. The van der Waals surface area contributed by atoms with Crippen LogP contribution in [0.4, 0.5) is 4.79 Å². The van der Waals surface area contributed by atoms with E-state index in [1.54, 1.807) is 6.20 Å². The molecule has 0 N–H and O–H groups in total. The van der Waals surface area contributed by atoms with Crippen molar-refractivity contribution in [2.75, 3.05) is 20.7 Å². The highest BCUT2D eigenvalue weighted by Gasteiger charge is 2.28. The van der Waals surface area contributed by atoms with Crippen LogP contribution in [0.25, 0.3) is 0 Å². The minimum atomic E-state index is -0.466. The fourth-order valence-electron chi connectivity index (χ4n) is 2.59. The summed E-state index contributed by atoms with van der Waals surface area (Å²) in [6.07, 6.45) is 6.51. The van der Waals surface area contributed by atoms with E-state index in [9.17, 15) is 9.59 Å². The van der Waals surface area contributed by atoms with E-state index in [0.29, 0.717) is 18.0 Å². The van der Waals surface area contributed by atoms with Gasteiger partial charge in [-0.15, -0.1) is 0 Å². The Labute approximate surface area is 107 Å². The maximum absolute atomic E-state index is 11.6. The van der Waals surface area contributed by atoms with Crippen LogP contribution in [0.1, 0.15) is 19.3 Å². The molecular formula is C13H18N2O3. The lowest BCUT2D eigenvalue weighted by atomic mass is 9.96. The number of likely N-dealkylation sites (N-methyl/N-ethyl adjacent to an activating group) is 1. The summed E-state index contributed by atoms with van der Waals surface area (Å²) in [5.41, 5.74) is 1.71. The Balaban J connectivity index is 2.22. The number of hydrogen-bond donors (Lipinski definition) is 0. The van der Waals surface area contributed by atoms with Crippen LogP contribution in [0.2, 0.25) is 0 Å². The molecule has 1 atom stereocenters. The van der Waals surface area contributed by atoms with Gasteiger partial charge in [0.2, 0.25) is 0 Å². The molecule has 0 spiro atoms. The maximum atomic E-state index is 11.6. The standard InChI is InChI=1S/C13H18N2O3/c1-14-5-3-4-12(14)11-6-10(9-16)7-15(8-11)13(17)18-2/h7-9,12H,3-6H2,1-2H3/t12-/m0/s1. The van der Waals surface area contributed by atoms with Gasteiger partial charge in [-0.1, -0.05) is 0 Å². The molecule has 1 amide bonds. The second-order valence-corrected chi connectivity index (χ2v) is 4.72. The zero-order valence-corrected chi connectivity index (χ0v) is 10.8. The van der Waals surface area contributed by atoms with E-state index in [1.165, 1.54) is 18.2 Å². The van der Waals surface area contributed by atoms with E-state index in [-0.39, 0.29) is 0 Å². The normalized spacial score (nSPS) is 24.6. The van der Waals surface area contributed by atoms with Gasteiger partial charge in [0.25, 0.3) is 0 Å². The lowest BCUT2D eigenvalue weighted by molar-refractivity contribution is -0.105. The molecule has 0 aliphatic carbocycles. The highest BCUT2D eigenvalue weighted by Crippen LogP contribution is 2.29. The molecule has 0 radical (unpaired) electrons. The lowest BCUT2D eigenvalue weighted by Gasteiger charge is -2.27. The highest BCUT2D eigenvalue weighted by atomic mass is 16.5. The number of ether oxygens (including phenoxy) is 1. The number of nitrogens with zero attached hydrogens (tertiary/aromatic N) is 2. The van der Waals surface area contributed by atoms with Gasteiger partial charge in [-0.05, 0) is 32.0 Å². The van der Waals surface area contributed by atoms with E-state index >= 15 is 0 Å². The summed E-state index contributed by atoms with van der Waals surface area (Å²) in [5, 5.41) is 0. The van der Waals surface area contributed by atoms with Crippen molar-refractivity contribution in [3.63, 3.8) is 0 Å². The number of allylic oxidation sites excluding steroid dienone is 1. The smallest absolute Gasteiger partial charge is 0.417 e. The Morgan fingerprint density at radius 2 is 2.28 bits per heavy atom. The number of hydrogen-bond acceptors (Lipinski definition) is 4. The van der Waals surface area contributed by atoms with Crippen LogP contribution >= 0.6 is 0 Å². The molecule has 0 aromatic heterocycles. The van der Waals surface area contributed by atoms with Crippen molar-refractivity contribution >= 4 is 12.4 Å². The van der Waals surface area contributed by atoms with Crippen LogP contribution in [0.3, 0.4) is 0 Å². The summed E-state index contributed by atoms with van der Waals surface area (Å²) in [6, 6.07) is 0.320. The van der Waals surface area contributed by atoms with Gasteiger partial charge in [0.15, 0.2) is 0 Å². The van der Waals surface area contributed by atoms with Gasteiger partial charge in [-0.2, -0.15) is 0 Å². The number of likely N-dealkylation sites (tertiary alicyclic amines) is 1. The van der Waals surface area contributed by atoms with Crippen LogP contribution < -0.4 is 0 Å². The van der Waals surface area contributed by atoms with Crippen LogP contribution in [-0.4, -0.2) is 48.9 Å². The Hall–Kier alpha value is -1.62. The first-order valence-corrected chi connectivity index (χ1v) is 6.08. The summed E-state index contributed by atoms with van der Waals surface area (Å²) < 4.78 is 4.69. The molecule has 2 aliphatic heterocycles. The molecule has 5 heteroatoms. The molecule has 1 fully saturated rings. The third kappa shape index (κ3) is 2.46. The molecule has 1 saturated heterocycles. The third-order valence-corrected chi connectivity index (χ3v) is 3.50. The second kappa shape index (κ2) is 5.35.